The number of nitrogens with two attached hydrogens (primary N) is 1. The quantitative estimate of drug-likeness (QED) is 0.786. The summed E-state index contributed by atoms with van der Waals surface area (Å²) in [5.41, 5.74) is 7.07. The molecule has 2 N–H and O–H groups in total. The summed E-state index contributed by atoms with van der Waals surface area (Å²) in [5.74, 6) is 0.988. The highest BCUT2D eigenvalue weighted by atomic mass is 35.5. The molecule has 0 unspecified atom stereocenters. The Morgan fingerprint density at radius 2 is 1.95 bits per heavy atom. The first-order chi connectivity index (χ1) is 10.2. The van der Waals surface area contributed by atoms with Crippen LogP contribution in [0.15, 0.2) is 42.7 Å². The predicted molar refractivity (Wildman–Crippen MR) is 84.0 cm³/mol. The molecule has 0 atom stereocenters. The van der Waals surface area contributed by atoms with Crippen LogP contribution in [0.1, 0.15) is 5.56 Å². The van der Waals surface area contributed by atoms with Crippen molar-refractivity contribution < 1.29 is 4.74 Å². The van der Waals surface area contributed by atoms with E-state index in [9.17, 15) is 0 Å². The fourth-order valence-electron chi connectivity index (χ4n) is 1.98. The fraction of sp³-hybridized carbons (Fsp3) is 0.0667. The zero-order valence-corrected chi connectivity index (χ0v) is 12.4. The fourth-order valence-corrected chi connectivity index (χ4v) is 2.37. The molecule has 0 spiro atoms. The summed E-state index contributed by atoms with van der Waals surface area (Å²) in [5, 5.41) is 1.96. The molecule has 3 rings (SSSR count). The number of hydrogen-bond donors (Lipinski definition) is 1. The lowest BCUT2D eigenvalue weighted by Crippen LogP contribution is -1.99. The normalized spacial score (nSPS) is 10.8. The molecule has 6 heteroatoms. The smallest absolute Gasteiger partial charge is 0.219 e. The number of benzene rings is 1. The highest BCUT2D eigenvalue weighted by molar-refractivity contribution is 6.35. The van der Waals surface area contributed by atoms with Crippen molar-refractivity contribution in [1.82, 2.24) is 9.97 Å². The van der Waals surface area contributed by atoms with Crippen molar-refractivity contribution in [2.24, 2.45) is 5.73 Å². The molecule has 0 saturated carbocycles. The second-order valence-electron chi connectivity index (χ2n) is 4.37. The van der Waals surface area contributed by atoms with Crippen LogP contribution < -0.4 is 10.5 Å². The molecule has 0 aliphatic carbocycles. The summed E-state index contributed by atoms with van der Waals surface area (Å²) in [4.78, 5) is 8.45. The molecule has 0 bridgehead atoms. The first kappa shape index (κ1) is 14.1. The maximum atomic E-state index is 6.16. The Balaban J connectivity index is 2.04. The number of ether oxygens (including phenoxy) is 1. The SMILES string of the molecule is NCc1cc(Oc2ccc(Cl)c3cccnc23)ncc1Cl. The largest absolute Gasteiger partial charge is 0.437 e. The summed E-state index contributed by atoms with van der Waals surface area (Å²) < 4.78 is 5.80. The third-order valence-corrected chi connectivity index (χ3v) is 3.69. The van der Waals surface area contributed by atoms with Crippen LogP contribution in [0.5, 0.6) is 11.6 Å². The minimum Gasteiger partial charge on any atom is -0.437 e. The molecular weight excluding hydrogens is 309 g/mol. The van der Waals surface area contributed by atoms with Gasteiger partial charge < -0.3 is 10.5 Å². The van der Waals surface area contributed by atoms with Gasteiger partial charge in [0.05, 0.1) is 10.0 Å². The molecule has 0 aliphatic heterocycles. The number of halogens is 2. The third kappa shape index (κ3) is 2.78. The Morgan fingerprint density at radius 1 is 1.10 bits per heavy atom. The van der Waals surface area contributed by atoms with Crippen molar-refractivity contribution in [3.8, 4) is 11.6 Å². The lowest BCUT2D eigenvalue weighted by molar-refractivity contribution is 0.466. The molecular formula is C15H11Cl2N3O. The molecule has 0 radical (unpaired) electrons. The van der Waals surface area contributed by atoms with Crippen LogP contribution in [0, 0.1) is 0 Å². The molecule has 2 aromatic heterocycles. The molecule has 21 heavy (non-hydrogen) atoms. The van der Waals surface area contributed by atoms with Crippen LogP contribution in [-0.4, -0.2) is 9.97 Å². The minimum absolute atomic E-state index is 0.317. The van der Waals surface area contributed by atoms with Crippen molar-refractivity contribution >= 4 is 34.1 Å². The molecule has 2 heterocycles. The van der Waals surface area contributed by atoms with Crippen LogP contribution in [-0.2, 0) is 6.54 Å². The van der Waals surface area contributed by atoms with Gasteiger partial charge >= 0.3 is 0 Å². The first-order valence-electron chi connectivity index (χ1n) is 6.24. The van der Waals surface area contributed by atoms with Gasteiger partial charge in [-0.25, -0.2) is 4.98 Å². The molecule has 106 valence electrons. The van der Waals surface area contributed by atoms with Gasteiger partial charge in [0, 0.05) is 30.4 Å². The second kappa shape index (κ2) is 5.85. The Labute approximate surface area is 131 Å². The summed E-state index contributed by atoms with van der Waals surface area (Å²) in [7, 11) is 0. The zero-order valence-electron chi connectivity index (χ0n) is 10.9. The van der Waals surface area contributed by atoms with Gasteiger partial charge in [-0.2, -0.15) is 0 Å². The van der Waals surface area contributed by atoms with Gasteiger partial charge in [0.25, 0.3) is 0 Å². The van der Waals surface area contributed by atoms with Crippen molar-refractivity contribution in [2.45, 2.75) is 6.54 Å². The summed E-state index contributed by atoms with van der Waals surface area (Å²) >= 11 is 12.1. The Bertz CT molecular complexity index is 808. The van der Waals surface area contributed by atoms with E-state index in [1.54, 1.807) is 24.4 Å². The van der Waals surface area contributed by atoms with E-state index in [4.69, 9.17) is 33.7 Å². The van der Waals surface area contributed by atoms with Gasteiger partial charge in [0.2, 0.25) is 5.88 Å². The monoisotopic (exact) mass is 319 g/mol. The van der Waals surface area contributed by atoms with E-state index in [-0.39, 0.29) is 0 Å². The molecule has 0 saturated heterocycles. The first-order valence-corrected chi connectivity index (χ1v) is 7.00. The van der Waals surface area contributed by atoms with Crippen LogP contribution in [0.2, 0.25) is 10.0 Å². The van der Waals surface area contributed by atoms with Gasteiger partial charge in [0.15, 0.2) is 5.75 Å². The van der Waals surface area contributed by atoms with E-state index in [2.05, 4.69) is 9.97 Å². The van der Waals surface area contributed by atoms with Crippen molar-refractivity contribution in [2.75, 3.05) is 0 Å². The van der Waals surface area contributed by atoms with Crippen LogP contribution in [0.4, 0.5) is 0 Å². The summed E-state index contributed by atoms with van der Waals surface area (Å²) in [6.07, 6.45) is 3.21. The van der Waals surface area contributed by atoms with E-state index >= 15 is 0 Å². The summed E-state index contributed by atoms with van der Waals surface area (Å²) in [6.45, 7) is 0.317. The van der Waals surface area contributed by atoms with Gasteiger partial charge in [-0.15, -0.1) is 0 Å². The molecule has 3 aromatic rings. The Kier molecular flexibility index (Phi) is 3.92. The standard InChI is InChI=1S/C15H11Cl2N3O/c16-11-3-4-13(15-10(11)2-1-5-19-15)21-14-6-9(7-18)12(17)8-20-14/h1-6,8H,7,18H2. The van der Waals surface area contributed by atoms with Gasteiger partial charge in [-0.1, -0.05) is 23.2 Å². The predicted octanol–water partition coefficient (Wildman–Crippen LogP) is 4.19. The lowest BCUT2D eigenvalue weighted by Gasteiger charge is -2.09. The van der Waals surface area contributed by atoms with E-state index in [1.807, 2.05) is 12.1 Å². The summed E-state index contributed by atoms with van der Waals surface area (Å²) in [6, 6.07) is 8.95. The Morgan fingerprint density at radius 3 is 2.76 bits per heavy atom. The van der Waals surface area contributed by atoms with Crippen molar-refractivity contribution in [1.29, 1.82) is 0 Å². The molecule has 0 aliphatic rings. The van der Waals surface area contributed by atoms with E-state index in [0.717, 1.165) is 10.9 Å². The van der Waals surface area contributed by atoms with Crippen molar-refractivity contribution in [3.05, 3.63) is 58.3 Å². The highest BCUT2D eigenvalue weighted by Gasteiger charge is 2.09. The van der Waals surface area contributed by atoms with Crippen LogP contribution in [0.25, 0.3) is 10.9 Å². The number of fused-ring (bicyclic) bond motifs is 1. The van der Waals surface area contributed by atoms with E-state index < -0.39 is 0 Å². The average Bonchev–Trinajstić information content (AvgIpc) is 2.52. The van der Waals surface area contributed by atoms with Crippen molar-refractivity contribution in [3.63, 3.8) is 0 Å². The minimum atomic E-state index is 0.317. The molecule has 0 fully saturated rings. The van der Waals surface area contributed by atoms with E-state index in [1.165, 1.54) is 6.20 Å². The maximum absolute atomic E-state index is 6.16. The number of nitrogens with zero attached hydrogens (tertiary/aromatic N) is 2. The number of hydrogen-bond acceptors (Lipinski definition) is 4. The van der Waals surface area contributed by atoms with Gasteiger partial charge in [0.1, 0.15) is 5.52 Å². The van der Waals surface area contributed by atoms with Gasteiger partial charge in [-0.05, 0) is 29.8 Å². The second-order valence-corrected chi connectivity index (χ2v) is 5.18. The number of aromatic nitrogens is 2. The molecule has 4 nitrogen and oxygen atoms in total. The maximum Gasteiger partial charge on any atom is 0.219 e. The van der Waals surface area contributed by atoms with E-state index in [0.29, 0.717) is 33.7 Å². The Hall–Kier alpha value is -1.88. The topological polar surface area (TPSA) is 61.0 Å². The lowest BCUT2D eigenvalue weighted by atomic mass is 10.2. The third-order valence-electron chi connectivity index (χ3n) is 3.02. The number of pyridine rings is 2. The molecule has 0 amide bonds. The van der Waals surface area contributed by atoms with Crippen LogP contribution in [0.3, 0.4) is 0 Å². The molecule has 1 aromatic carbocycles. The number of rotatable bonds is 3. The average molecular weight is 320 g/mol. The van der Waals surface area contributed by atoms with Crippen LogP contribution >= 0.6 is 23.2 Å². The van der Waals surface area contributed by atoms with Gasteiger partial charge in [-0.3, -0.25) is 4.98 Å². The highest BCUT2D eigenvalue weighted by Crippen LogP contribution is 2.32. The zero-order chi connectivity index (χ0) is 14.8.